The van der Waals surface area contributed by atoms with Crippen molar-refractivity contribution in [2.45, 2.75) is 10.8 Å². The summed E-state index contributed by atoms with van der Waals surface area (Å²) in [6.45, 7) is 0. The Labute approximate surface area is 726 Å². The Balaban J connectivity index is 0.000000143. The van der Waals surface area contributed by atoms with Gasteiger partial charge >= 0.3 is 0 Å². The Morgan fingerprint density at radius 3 is 0.726 bits per heavy atom. The van der Waals surface area contributed by atoms with Crippen LogP contribution in [-0.4, -0.2) is 29.9 Å². The molecule has 0 amide bonds. The molecule has 22 aromatic rings. The van der Waals surface area contributed by atoms with Crippen molar-refractivity contribution in [3.05, 3.63) is 493 Å². The normalized spacial score (nSPS) is 12.6. The summed E-state index contributed by atoms with van der Waals surface area (Å²) in [5, 5.41) is 5.22. The molecule has 0 atom stereocenters. The second kappa shape index (κ2) is 30.9. The quantitative estimate of drug-likeness (QED) is 0.108. The van der Waals surface area contributed by atoms with Crippen LogP contribution in [0.2, 0.25) is 0 Å². The predicted molar refractivity (Wildman–Crippen MR) is 514 cm³/mol. The van der Waals surface area contributed by atoms with Crippen LogP contribution in [0, 0.1) is 0 Å². The lowest BCUT2D eigenvalue weighted by Crippen LogP contribution is -2.28. The molecule has 0 bridgehead atoms. The Morgan fingerprint density at radius 2 is 0.371 bits per heavy atom. The molecule has 2 aliphatic rings. The van der Waals surface area contributed by atoms with Crippen molar-refractivity contribution in [2.75, 3.05) is 0 Å². The maximum atomic E-state index is 5.14. The number of nitrogens with zero attached hydrogens (tertiary/aromatic N) is 6. The van der Waals surface area contributed by atoms with Gasteiger partial charge < -0.3 is 0 Å². The fourth-order valence-corrected chi connectivity index (χ4v) is 21.3. The highest BCUT2D eigenvalue weighted by molar-refractivity contribution is 7.26. The van der Waals surface area contributed by atoms with Crippen LogP contribution in [0.15, 0.2) is 449 Å². The molecule has 0 N–H and O–H groups in total. The largest absolute Gasteiger partial charge is 0.208 e. The smallest absolute Gasteiger partial charge is 0.164 e. The van der Waals surface area contributed by atoms with Gasteiger partial charge in [0, 0.05) is 73.7 Å². The molecule has 0 radical (unpaired) electrons. The molecule has 124 heavy (non-hydrogen) atoms. The molecule has 0 unspecified atom stereocenters. The van der Waals surface area contributed by atoms with Crippen LogP contribution in [0.5, 0.6) is 0 Å². The van der Waals surface area contributed by atoms with Gasteiger partial charge in [0.2, 0.25) is 0 Å². The standard InChI is InChI=1S/2C58H37N3S/c1-3-15-38(16-4-1)41-19-13-21-43(35-41)56-59-55(40-17-5-2-6-18-40)60-57(61-56)44-22-14-20-42(36-44)39-29-31-45(32-30-39)58(51-26-10-7-23-47(51)48-24-8-11-27-52(48)58)46-33-34-54-50(37-46)49-25-9-12-28-53(49)62-54;1-3-14-38(15-4-1)39-26-28-42(29-27-39)56-59-55(41-16-5-2-6-17-41)60-57(61-56)44-19-13-18-43(36-44)40-30-32-45(33-31-40)58(51-23-10-7-20-47(51)48-21-8-11-24-52(48)58)46-34-35-54-50(37-46)49-22-9-12-25-53(49)62-54/h2*1-37H. The molecule has 24 rings (SSSR count). The number of thiophene rings is 2. The third kappa shape index (κ3) is 12.8. The first-order chi connectivity index (χ1) is 61.4. The second-order valence-corrected chi connectivity index (χ2v) is 34.0. The minimum atomic E-state index is -0.502. The van der Waals surface area contributed by atoms with E-state index in [1.165, 1.54) is 113 Å². The van der Waals surface area contributed by atoms with Gasteiger partial charge in [-0.1, -0.05) is 394 Å². The highest BCUT2D eigenvalue weighted by atomic mass is 32.1. The first-order valence-electron chi connectivity index (χ1n) is 42.0. The van der Waals surface area contributed by atoms with E-state index in [2.05, 4.69) is 388 Å². The molecule has 580 valence electrons. The molecule has 4 heterocycles. The van der Waals surface area contributed by atoms with Crippen LogP contribution in [-0.2, 0) is 10.8 Å². The third-order valence-corrected chi connectivity index (χ3v) is 27.2. The summed E-state index contributed by atoms with van der Waals surface area (Å²) in [7, 11) is 0. The summed E-state index contributed by atoms with van der Waals surface area (Å²) in [4.78, 5) is 30.4. The van der Waals surface area contributed by atoms with Gasteiger partial charge in [-0.15, -0.1) is 22.7 Å². The van der Waals surface area contributed by atoms with Gasteiger partial charge in [0.15, 0.2) is 34.9 Å². The van der Waals surface area contributed by atoms with E-state index < -0.39 is 10.8 Å². The zero-order valence-electron chi connectivity index (χ0n) is 67.2. The van der Waals surface area contributed by atoms with Crippen LogP contribution in [0.4, 0.5) is 0 Å². The molecule has 18 aromatic carbocycles. The Morgan fingerprint density at radius 1 is 0.145 bits per heavy atom. The van der Waals surface area contributed by atoms with Gasteiger partial charge in [-0.05, 0) is 166 Å². The van der Waals surface area contributed by atoms with E-state index >= 15 is 0 Å². The van der Waals surface area contributed by atoms with Crippen molar-refractivity contribution >= 4 is 63.0 Å². The van der Waals surface area contributed by atoms with E-state index in [1.54, 1.807) is 0 Å². The van der Waals surface area contributed by atoms with Gasteiger partial charge in [-0.3, -0.25) is 0 Å². The topological polar surface area (TPSA) is 77.3 Å². The van der Waals surface area contributed by atoms with E-state index in [9.17, 15) is 0 Å². The number of hydrogen-bond acceptors (Lipinski definition) is 8. The lowest BCUT2D eigenvalue weighted by atomic mass is 9.67. The molecule has 0 spiro atoms. The van der Waals surface area contributed by atoms with Crippen molar-refractivity contribution in [3.63, 3.8) is 0 Å². The highest BCUT2D eigenvalue weighted by Crippen LogP contribution is 2.59. The summed E-state index contributed by atoms with van der Waals surface area (Å²) in [5.74, 6) is 3.82. The Kier molecular flexibility index (Phi) is 18.3. The molecule has 0 saturated carbocycles. The lowest BCUT2D eigenvalue weighted by Gasteiger charge is -2.34. The van der Waals surface area contributed by atoms with E-state index in [1.807, 2.05) is 83.3 Å². The number of aromatic nitrogens is 6. The average molecular weight is 1620 g/mol. The fourth-order valence-electron chi connectivity index (χ4n) is 19.1. The molecular weight excluding hydrogens is 1540 g/mol. The first kappa shape index (κ1) is 73.6. The zero-order chi connectivity index (χ0) is 82.1. The minimum absolute atomic E-state index is 0.501. The van der Waals surface area contributed by atoms with Crippen LogP contribution in [0.1, 0.15) is 44.5 Å². The van der Waals surface area contributed by atoms with Gasteiger partial charge in [0.1, 0.15) is 0 Å². The maximum Gasteiger partial charge on any atom is 0.164 e. The number of fused-ring (bicyclic) bond motifs is 12. The minimum Gasteiger partial charge on any atom is -0.208 e. The van der Waals surface area contributed by atoms with Crippen LogP contribution >= 0.6 is 22.7 Å². The zero-order valence-corrected chi connectivity index (χ0v) is 68.9. The summed E-state index contributed by atoms with van der Waals surface area (Å²) in [5.41, 5.74) is 29.0. The highest BCUT2D eigenvalue weighted by Gasteiger charge is 2.48. The summed E-state index contributed by atoms with van der Waals surface area (Å²) in [6.07, 6.45) is 0. The lowest BCUT2D eigenvalue weighted by molar-refractivity contribution is 0.770. The first-order valence-corrected chi connectivity index (χ1v) is 43.6. The monoisotopic (exact) mass is 1610 g/mol. The van der Waals surface area contributed by atoms with E-state index in [4.69, 9.17) is 29.9 Å². The van der Waals surface area contributed by atoms with Crippen molar-refractivity contribution in [2.24, 2.45) is 0 Å². The third-order valence-electron chi connectivity index (χ3n) is 24.9. The molecule has 8 heteroatoms. The predicted octanol–water partition coefficient (Wildman–Crippen LogP) is 29.9. The number of rotatable bonds is 14. The molecule has 0 saturated heterocycles. The van der Waals surface area contributed by atoms with Crippen molar-refractivity contribution in [3.8, 4) is 135 Å². The van der Waals surface area contributed by atoms with Gasteiger partial charge in [-0.25, -0.2) is 29.9 Å². The van der Waals surface area contributed by atoms with Crippen molar-refractivity contribution in [1.29, 1.82) is 0 Å². The average Bonchev–Trinajstić information content (AvgIpc) is 1.53. The van der Waals surface area contributed by atoms with Crippen LogP contribution in [0.3, 0.4) is 0 Å². The van der Waals surface area contributed by atoms with Crippen molar-refractivity contribution in [1.82, 2.24) is 29.9 Å². The van der Waals surface area contributed by atoms with Crippen LogP contribution in [0.25, 0.3) is 175 Å². The van der Waals surface area contributed by atoms with Crippen LogP contribution < -0.4 is 0 Å². The SMILES string of the molecule is c1ccc(-c2ccc(-c3nc(-c4ccccc4)nc(-c4cccc(-c5ccc(C6(c7ccc8sc9ccccc9c8c7)c7ccccc7-c7ccccc76)cc5)c4)n3)cc2)cc1.c1ccc(-c2cccc(-c3nc(-c4ccccc4)nc(-c4cccc(-c5ccc(C6(c7ccc8sc9ccccc9c8c7)c7ccccc7-c7ccccc76)cc5)c4)n3)c2)cc1. The van der Waals surface area contributed by atoms with E-state index in [0.29, 0.717) is 34.9 Å². The van der Waals surface area contributed by atoms with E-state index in [-0.39, 0.29) is 0 Å². The molecule has 2 aliphatic carbocycles. The second-order valence-electron chi connectivity index (χ2n) is 31.9. The summed E-state index contributed by atoms with van der Waals surface area (Å²) in [6, 6.07) is 161. The Bertz CT molecular complexity index is 7750. The molecule has 0 fully saturated rings. The molecular formula is C116H74N6S2. The Hall–Kier alpha value is -15.6. The maximum absolute atomic E-state index is 5.14. The molecule has 0 aliphatic heterocycles. The van der Waals surface area contributed by atoms with E-state index in [0.717, 1.165) is 72.3 Å². The summed E-state index contributed by atoms with van der Waals surface area (Å²) >= 11 is 3.73. The molecule has 6 nitrogen and oxygen atoms in total. The van der Waals surface area contributed by atoms with Gasteiger partial charge in [0.05, 0.1) is 10.8 Å². The van der Waals surface area contributed by atoms with Crippen molar-refractivity contribution < 1.29 is 0 Å². The number of benzene rings is 18. The number of hydrogen-bond donors (Lipinski definition) is 0. The fraction of sp³-hybridized carbons (Fsp3) is 0.0172. The molecule has 4 aromatic heterocycles. The summed E-state index contributed by atoms with van der Waals surface area (Å²) < 4.78 is 5.24. The van der Waals surface area contributed by atoms with Gasteiger partial charge in [0.25, 0.3) is 0 Å². The van der Waals surface area contributed by atoms with Gasteiger partial charge in [-0.2, -0.15) is 0 Å².